The van der Waals surface area contributed by atoms with Gasteiger partial charge in [0.2, 0.25) is 11.8 Å². The monoisotopic (exact) mass is 596 g/mol. The van der Waals surface area contributed by atoms with E-state index in [1.165, 1.54) is 6.92 Å². The number of amides is 2. The Morgan fingerprint density at radius 3 is 2.12 bits per heavy atom. The highest BCUT2D eigenvalue weighted by atomic mass is 31.2. The third kappa shape index (κ3) is 27.5. The summed E-state index contributed by atoms with van der Waals surface area (Å²) >= 11 is 0. The van der Waals surface area contributed by atoms with Crippen molar-refractivity contribution < 1.29 is 52.1 Å². The maximum atomic E-state index is 12.3. The van der Waals surface area contributed by atoms with Gasteiger partial charge in [0.05, 0.1) is 33.0 Å². The van der Waals surface area contributed by atoms with Crippen LogP contribution in [-0.2, 0) is 47.2 Å². The SMILES string of the molecule is CCCC(=O)NCCOCCOCC(=O)OCCN(CCOC(C)=O)CC(=O)NCCCCCCOP(C)(=O)[O-]. The molecule has 0 rings (SSSR count). The Balaban J connectivity index is 4.05. The van der Waals surface area contributed by atoms with E-state index in [1.54, 1.807) is 4.90 Å². The van der Waals surface area contributed by atoms with E-state index in [0.717, 1.165) is 32.3 Å². The Hall–Kier alpha value is -2.09. The van der Waals surface area contributed by atoms with Crippen LogP contribution in [0.1, 0.15) is 52.4 Å². The molecule has 0 aromatic heterocycles. The Kier molecular flexibility index (Phi) is 23.4. The van der Waals surface area contributed by atoms with Gasteiger partial charge in [-0.05, 0) is 19.3 Å². The van der Waals surface area contributed by atoms with Gasteiger partial charge in [0.15, 0.2) is 0 Å². The second-order valence-electron chi connectivity index (χ2n) is 8.97. The van der Waals surface area contributed by atoms with Crippen molar-refractivity contribution in [3.8, 4) is 0 Å². The van der Waals surface area contributed by atoms with Crippen LogP contribution in [0.15, 0.2) is 0 Å². The molecule has 0 aromatic carbocycles. The van der Waals surface area contributed by atoms with Gasteiger partial charge in [-0.3, -0.25) is 19.3 Å². The van der Waals surface area contributed by atoms with Gasteiger partial charge in [-0.25, -0.2) is 4.79 Å². The highest BCUT2D eigenvalue weighted by Gasteiger charge is 2.13. The maximum Gasteiger partial charge on any atom is 0.332 e. The number of nitrogens with zero attached hydrogens (tertiary/aromatic N) is 1. The van der Waals surface area contributed by atoms with Crippen molar-refractivity contribution in [2.45, 2.75) is 52.4 Å². The van der Waals surface area contributed by atoms with E-state index >= 15 is 0 Å². The Labute approximate surface area is 237 Å². The standard InChI is InChI=1S/C25H48N3O11P/c1-4-9-23(30)27-11-15-35-18-19-36-21-25(32)38-17-13-28(12-16-37-22(2)29)20-24(31)26-10-7-5-6-8-14-39-40(3,33)34/h4-21H2,1-3H3,(H,26,31)(H,27,30)(H,33,34)/p-1. The summed E-state index contributed by atoms with van der Waals surface area (Å²) < 4.78 is 36.3. The van der Waals surface area contributed by atoms with Crippen molar-refractivity contribution in [1.29, 1.82) is 0 Å². The molecule has 0 saturated heterocycles. The molecule has 0 aliphatic heterocycles. The molecule has 0 aromatic rings. The minimum atomic E-state index is -3.68. The van der Waals surface area contributed by atoms with Crippen molar-refractivity contribution in [2.24, 2.45) is 0 Å². The van der Waals surface area contributed by atoms with Gasteiger partial charge in [0.1, 0.15) is 27.4 Å². The zero-order chi connectivity index (χ0) is 30.1. The highest BCUT2D eigenvalue weighted by molar-refractivity contribution is 7.50. The lowest BCUT2D eigenvalue weighted by Gasteiger charge is -2.21. The first kappa shape index (κ1) is 37.9. The summed E-state index contributed by atoms with van der Waals surface area (Å²) in [5, 5.41) is 5.54. The van der Waals surface area contributed by atoms with E-state index in [-0.39, 0.29) is 71.1 Å². The van der Waals surface area contributed by atoms with Gasteiger partial charge in [-0.1, -0.05) is 19.8 Å². The summed E-state index contributed by atoms with van der Waals surface area (Å²) in [4.78, 5) is 59.2. The molecule has 2 amide bonds. The van der Waals surface area contributed by atoms with Crippen molar-refractivity contribution in [1.82, 2.24) is 15.5 Å². The zero-order valence-corrected chi connectivity index (χ0v) is 25.0. The van der Waals surface area contributed by atoms with E-state index in [0.29, 0.717) is 32.5 Å². The van der Waals surface area contributed by atoms with Gasteiger partial charge < -0.3 is 43.6 Å². The fourth-order valence-corrected chi connectivity index (χ4v) is 3.63. The molecule has 0 radical (unpaired) electrons. The van der Waals surface area contributed by atoms with E-state index in [1.807, 2.05) is 6.92 Å². The lowest BCUT2D eigenvalue weighted by Crippen LogP contribution is -2.41. The minimum absolute atomic E-state index is 0.0143. The van der Waals surface area contributed by atoms with Crippen LogP contribution in [-0.4, -0.2) is 114 Å². The fourth-order valence-electron chi connectivity index (χ4n) is 3.17. The first-order chi connectivity index (χ1) is 19.0. The summed E-state index contributed by atoms with van der Waals surface area (Å²) in [5.41, 5.74) is 0. The van der Waals surface area contributed by atoms with Gasteiger partial charge in [-0.2, -0.15) is 0 Å². The summed E-state index contributed by atoms with van der Waals surface area (Å²) in [5.74, 6) is -1.22. The van der Waals surface area contributed by atoms with Crippen LogP contribution >= 0.6 is 7.60 Å². The first-order valence-electron chi connectivity index (χ1n) is 13.7. The number of hydrogen-bond donors (Lipinski definition) is 2. The molecule has 0 aliphatic rings. The fraction of sp³-hybridized carbons (Fsp3) is 0.840. The average molecular weight is 597 g/mol. The van der Waals surface area contributed by atoms with E-state index in [4.69, 9.17) is 23.5 Å². The third-order valence-corrected chi connectivity index (χ3v) is 5.76. The van der Waals surface area contributed by atoms with E-state index in [2.05, 4.69) is 10.6 Å². The largest absolute Gasteiger partial charge is 0.779 e. The van der Waals surface area contributed by atoms with E-state index < -0.39 is 19.5 Å². The molecule has 234 valence electrons. The molecule has 0 aliphatic carbocycles. The van der Waals surface area contributed by atoms with Crippen LogP contribution in [0.5, 0.6) is 0 Å². The number of nitrogens with one attached hydrogen (secondary N) is 2. The zero-order valence-electron chi connectivity index (χ0n) is 24.1. The second-order valence-corrected chi connectivity index (χ2v) is 10.8. The van der Waals surface area contributed by atoms with Crippen molar-refractivity contribution in [3.63, 3.8) is 0 Å². The van der Waals surface area contributed by atoms with Gasteiger partial charge in [0, 0.05) is 46.2 Å². The maximum absolute atomic E-state index is 12.3. The third-order valence-electron chi connectivity index (χ3n) is 5.11. The number of ether oxygens (including phenoxy) is 4. The quantitative estimate of drug-likeness (QED) is 0.0789. The molecule has 0 spiro atoms. The molecule has 40 heavy (non-hydrogen) atoms. The molecule has 1 atom stereocenters. The summed E-state index contributed by atoms with van der Waals surface area (Å²) in [7, 11) is -3.68. The molecular formula is C25H47N3O11P-. The molecule has 0 fully saturated rings. The molecular weight excluding hydrogens is 549 g/mol. The van der Waals surface area contributed by atoms with Gasteiger partial charge >= 0.3 is 11.9 Å². The van der Waals surface area contributed by atoms with Crippen LogP contribution in [0.2, 0.25) is 0 Å². The van der Waals surface area contributed by atoms with E-state index in [9.17, 15) is 28.6 Å². The Morgan fingerprint density at radius 2 is 1.45 bits per heavy atom. The topological polar surface area (TPSA) is 182 Å². The average Bonchev–Trinajstić information content (AvgIpc) is 2.86. The van der Waals surface area contributed by atoms with Crippen molar-refractivity contribution >= 4 is 31.3 Å². The Morgan fingerprint density at radius 1 is 0.800 bits per heavy atom. The molecule has 1 unspecified atom stereocenters. The van der Waals surface area contributed by atoms with Crippen LogP contribution < -0.4 is 15.5 Å². The van der Waals surface area contributed by atoms with Gasteiger partial charge in [0.25, 0.3) is 0 Å². The normalized spacial score (nSPS) is 12.5. The molecule has 2 N–H and O–H groups in total. The lowest BCUT2D eigenvalue weighted by molar-refractivity contribution is -0.196. The second kappa shape index (κ2) is 24.7. The number of hydrogen-bond acceptors (Lipinski definition) is 12. The predicted molar refractivity (Wildman–Crippen MR) is 145 cm³/mol. The molecule has 15 heteroatoms. The van der Waals surface area contributed by atoms with Crippen LogP contribution in [0, 0.1) is 0 Å². The number of carbonyl (C=O) groups excluding carboxylic acids is 4. The number of unbranched alkanes of at least 4 members (excludes halogenated alkanes) is 3. The summed E-state index contributed by atoms with van der Waals surface area (Å²) in [6, 6.07) is 0. The number of rotatable bonds is 26. The highest BCUT2D eigenvalue weighted by Crippen LogP contribution is 2.31. The van der Waals surface area contributed by atoms with Crippen LogP contribution in [0.3, 0.4) is 0 Å². The van der Waals surface area contributed by atoms with Crippen LogP contribution in [0.25, 0.3) is 0 Å². The van der Waals surface area contributed by atoms with Crippen molar-refractivity contribution in [3.05, 3.63) is 0 Å². The smallest absolute Gasteiger partial charge is 0.332 e. The minimum Gasteiger partial charge on any atom is -0.779 e. The first-order valence-corrected chi connectivity index (χ1v) is 15.7. The number of esters is 2. The van der Waals surface area contributed by atoms with Gasteiger partial charge in [-0.15, -0.1) is 0 Å². The van der Waals surface area contributed by atoms with Crippen molar-refractivity contribution in [2.75, 3.05) is 85.6 Å². The lowest BCUT2D eigenvalue weighted by atomic mass is 10.2. The summed E-state index contributed by atoms with van der Waals surface area (Å²) in [6.07, 6.45) is 4.22. The number of carbonyl (C=O) groups is 4. The Bertz CT molecular complexity index is 764. The molecule has 0 bridgehead atoms. The summed E-state index contributed by atoms with van der Waals surface area (Å²) in [6.45, 7) is 6.58. The van der Waals surface area contributed by atoms with Crippen LogP contribution in [0.4, 0.5) is 0 Å². The molecule has 14 nitrogen and oxygen atoms in total. The molecule has 0 heterocycles. The predicted octanol–water partition coefficient (Wildman–Crippen LogP) is 0.221. The molecule has 0 saturated carbocycles.